The molecule has 0 radical (unpaired) electrons. The molecule has 1 heterocycles. The zero-order valence-electron chi connectivity index (χ0n) is 10.2. The van der Waals surface area contributed by atoms with E-state index in [2.05, 4.69) is 30.3 Å². The van der Waals surface area contributed by atoms with Crippen LogP contribution in [0, 0.1) is 0 Å². The Kier molecular flexibility index (Phi) is 3.25. The monoisotopic (exact) mass is 264 g/mol. The molecule has 0 bridgehead atoms. The molecule has 0 saturated carbocycles. The lowest BCUT2D eigenvalue weighted by Gasteiger charge is -2.01. The van der Waals surface area contributed by atoms with Gasteiger partial charge in [-0.25, -0.2) is 0 Å². The number of fused-ring (bicyclic) bond motifs is 1. The number of allylic oxidation sites excluding steroid dienone is 1. The number of hydrogen-bond acceptors (Lipinski definition) is 2. The molecule has 0 amide bonds. The normalized spacial score (nSPS) is 11.2. The highest BCUT2D eigenvalue weighted by Crippen LogP contribution is 2.39. The van der Waals surface area contributed by atoms with Crippen molar-refractivity contribution in [1.82, 2.24) is 0 Å². The van der Waals surface area contributed by atoms with Crippen LogP contribution in [0.15, 0.2) is 60.7 Å². The van der Waals surface area contributed by atoms with Crippen LogP contribution >= 0.6 is 11.3 Å². The Balaban J connectivity index is 2.30. The van der Waals surface area contributed by atoms with Gasteiger partial charge >= 0.3 is 0 Å². The first-order valence-corrected chi connectivity index (χ1v) is 6.90. The molecule has 3 aromatic rings. The van der Waals surface area contributed by atoms with Crippen LogP contribution in [0.2, 0.25) is 0 Å². The molecule has 0 unspecified atom stereocenters. The summed E-state index contributed by atoms with van der Waals surface area (Å²) >= 11 is 1.71. The summed E-state index contributed by atoms with van der Waals surface area (Å²) in [5.74, 6) is 0. The standard InChI is InChI=1S/C17H12OS/c18-12-6-11-16-17(13-7-2-1-3-8-13)14-9-4-5-10-15(14)19-16/h1-12H/b11-6+. The van der Waals surface area contributed by atoms with Crippen molar-refractivity contribution in [3.05, 3.63) is 65.6 Å². The second kappa shape index (κ2) is 5.21. The highest BCUT2D eigenvalue weighted by atomic mass is 32.1. The fourth-order valence-electron chi connectivity index (χ4n) is 2.21. The van der Waals surface area contributed by atoms with Gasteiger partial charge in [0.15, 0.2) is 0 Å². The summed E-state index contributed by atoms with van der Waals surface area (Å²) in [7, 11) is 0. The van der Waals surface area contributed by atoms with Gasteiger partial charge in [0, 0.05) is 20.5 Å². The first kappa shape index (κ1) is 11.9. The zero-order valence-corrected chi connectivity index (χ0v) is 11.1. The van der Waals surface area contributed by atoms with Gasteiger partial charge in [0.1, 0.15) is 6.29 Å². The van der Waals surface area contributed by atoms with Crippen molar-refractivity contribution in [1.29, 1.82) is 0 Å². The van der Waals surface area contributed by atoms with Gasteiger partial charge in [0.25, 0.3) is 0 Å². The molecule has 1 nitrogen and oxygen atoms in total. The van der Waals surface area contributed by atoms with Crippen molar-refractivity contribution >= 4 is 33.8 Å². The van der Waals surface area contributed by atoms with E-state index in [0.29, 0.717) is 0 Å². The van der Waals surface area contributed by atoms with Crippen LogP contribution in [-0.2, 0) is 4.79 Å². The minimum absolute atomic E-state index is 0.819. The largest absolute Gasteiger partial charge is 0.299 e. The van der Waals surface area contributed by atoms with Crippen LogP contribution in [-0.4, -0.2) is 6.29 Å². The van der Waals surface area contributed by atoms with Crippen molar-refractivity contribution in [2.24, 2.45) is 0 Å². The third-order valence-corrected chi connectivity index (χ3v) is 4.15. The smallest absolute Gasteiger partial charge is 0.142 e. The van der Waals surface area contributed by atoms with Crippen LogP contribution in [0.1, 0.15) is 4.88 Å². The van der Waals surface area contributed by atoms with Crippen LogP contribution in [0.3, 0.4) is 0 Å². The predicted molar refractivity (Wildman–Crippen MR) is 82.4 cm³/mol. The first-order chi connectivity index (χ1) is 9.40. The molecule has 2 heteroatoms. The molecular formula is C17H12OS. The lowest BCUT2D eigenvalue weighted by Crippen LogP contribution is -1.77. The maximum absolute atomic E-state index is 10.6. The lowest BCUT2D eigenvalue weighted by atomic mass is 10.0. The van der Waals surface area contributed by atoms with Gasteiger partial charge in [-0.2, -0.15) is 0 Å². The van der Waals surface area contributed by atoms with E-state index in [1.54, 1.807) is 17.4 Å². The Labute approximate surface area is 115 Å². The fourth-order valence-corrected chi connectivity index (χ4v) is 3.35. The minimum Gasteiger partial charge on any atom is -0.299 e. The third kappa shape index (κ3) is 2.23. The molecule has 1 aromatic heterocycles. The number of carbonyl (C=O) groups excluding carboxylic acids is 1. The second-order valence-corrected chi connectivity index (χ2v) is 5.28. The number of benzene rings is 2. The van der Waals surface area contributed by atoms with E-state index < -0.39 is 0 Å². The van der Waals surface area contributed by atoms with E-state index in [1.165, 1.54) is 21.2 Å². The average molecular weight is 264 g/mol. The van der Waals surface area contributed by atoms with E-state index in [-0.39, 0.29) is 0 Å². The van der Waals surface area contributed by atoms with Crippen LogP contribution in [0.4, 0.5) is 0 Å². The van der Waals surface area contributed by atoms with Gasteiger partial charge in [-0.3, -0.25) is 4.79 Å². The molecule has 0 aliphatic heterocycles. The highest BCUT2D eigenvalue weighted by molar-refractivity contribution is 7.20. The molecule has 3 rings (SSSR count). The minimum atomic E-state index is 0.819. The van der Waals surface area contributed by atoms with Gasteiger partial charge < -0.3 is 0 Å². The molecule has 2 aromatic carbocycles. The molecule has 0 N–H and O–H groups in total. The van der Waals surface area contributed by atoms with Gasteiger partial charge in [0.2, 0.25) is 0 Å². The van der Waals surface area contributed by atoms with E-state index in [1.807, 2.05) is 30.3 Å². The maximum Gasteiger partial charge on any atom is 0.142 e. The van der Waals surface area contributed by atoms with Crippen LogP contribution < -0.4 is 0 Å². The van der Waals surface area contributed by atoms with Gasteiger partial charge in [-0.15, -0.1) is 11.3 Å². The van der Waals surface area contributed by atoms with Crippen molar-refractivity contribution in [3.63, 3.8) is 0 Å². The summed E-state index contributed by atoms with van der Waals surface area (Å²) in [4.78, 5) is 11.7. The average Bonchev–Trinajstić information content (AvgIpc) is 2.84. The predicted octanol–water partition coefficient (Wildman–Crippen LogP) is 4.78. The van der Waals surface area contributed by atoms with E-state index in [0.717, 1.165) is 11.2 Å². The van der Waals surface area contributed by atoms with Gasteiger partial charge in [-0.05, 0) is 23.8 Å². The Hall–Kier alpha value is -2.19. The Morgan fingerprint density at radius 1 is 0.895 bits per heavy atom. The van der Waals surface area contributed by atoms with Crippen molar-refractivity contribution in [2.45, 2.75) is 0 Å². The number of aldehydes is 1. The summed E-state index contributed by atoms with van der Waals surface area (Å²) in [5, 5.41) is 1.24. The van der Waals surface area contributed by atoms with Crippen molar-refractivity contribution < 1.29 is 4.79 Å². The summed E-state index contributed by atoms with van der Waals surface area (Å²) in [6.07, 6.45) is 4.26. The summed E-state index contributed by atoms with van der Waals surface area (Å²) < 4.78 is 1.24. The second-order valence-electron chi connectivity index (χ2n) is 4.20. The van der Waals surface area contributed by atoms with Crippen LogP contribution in [0.25, 0.3) is 27.3 Å². The van der Waals surface area contributed by atoms with Crippen molar-refractivity contribution in [3.8, 4) is 11.1 Å². The SMILES string of the molecule is O=C/C=C/c1sc2ccccc2c1-c1ccccc1. The molecule has 92 valence electrons. The highest BCUT2D eigenvalue weighted by Gasteiger charge is 2.11. The molecule has 19 heavy (non-hydrogen) atoms. The Morgan fingerprint density at radius 3 is 2.42 bits per heavy atom. The van der Waals surface area contributed by atoms with Crippen LogP contribution in [0.5, 0.6) is 0 Å². The fraction of sp³-hybridized carbons (Fsp3) is 0. The Bertz CT molecular complexity index is 738. The number of thiophene rings is 1. The third-order valence-electron chi connectivity index (χ3n) is 3.01. The summed E-state index contributed by atoms with van der Waals surface area (Å²) in [5.41, 5.74) is 2.39. The first-order valence-electron chi connectivity index (χ1n) is 6.09. The summed E-state index contributed by atoms with van der Waals surface area (Å²) in [6.45, 7) is 0. The lowest BCUT2D eigenvalue weighted by molar-refractivity contribution is -0.104. The molecule has 0 fully saturated rings. The zero-order chi connectivity index (χ0) is 13.1. The molecular weight excluding hydrogens is 252 g/mol. The van der Waals surface area contributed by atoms with E-state index in [4.69, 9.17) is 0 Å². The quantitative estimate of drug-likeness (QED) is 0.491. The molecule has 0 atom stereocenters. The van der Waals surface area contributed by atoms with E-state index in [9.17, 15) is 4.79 Å². The van der Waals surface area contributed by atoms with E-state index >= 15 is 0 Å². The van der Waals surface area contributed by atoms with Crippen molar-refractivity contribution in [2.75, 3.05) is 0 Å². The number of hydrogen-bond donors (Lipinski definition) is 0. The number of rotatable bonds is 3. The molecule has 0 aliphatic carbocycles. The molecule has 0 spiro atoms. The molecule has 0 saturated heterocycles. The van der Waals surface area contributed by atoms with Gasteiger partial charge in [0.05, 0.1) is 0 Å². The number of carbonyl (C=O) groups is 1. The summed E-state index contributed by atoms with van der Waals surface area (Å²) in [6, 6.07) is 18.6. The maximum atomic E-state index is 10.6. The van der Waals surface area contributed by atoms with Gasteiger partial charge in [-0.1, -0.05) is 48.5 Å². The molecule has 0 aliphatic rings. The topological polar surface area (TPSA) is 17.1 Å². The Morgan fingerprint density at radius 2 is 1.63 bits per heavy atom.